The summed E-state index contributed by atoms with van der Waals surface area (Å²) in [6.07, 6.45) is 2.57. The fourth-order valence-corrected chi connectivity index (χ4v) is 1.53. The van der Waals surface area contributed by atoms with E-state index in [-0.39, 0.29) is 5.75 Å². The molecule has 0 unspecified atom stereocenters. The normalized spacial score (nSPS) is 11.2. The summed E-state index contributed by atoms with van der Waals surface area (Å²) in [6, 6.07) is 14.2. The molecule has 0 amide bonds. The molecule has 0 atom stereocenters. The summed E-state index contributed by atoms with van der Waals surface area (Å²) in [6.45, 7) is 0.454. The van der Waals surface area contributed by atoms with E-state index in [1.54, 1.807) is 24.3 Å². The van der Waals surface area contributed by atoms with Gasteiger partial charge in [-0.3, -0.25) is 0 Å². The number of benzene rings is 2. The Kier molecular flexibility index (Phi) is 4.72. The Hall–Kier alpha value is -2.82. The van der Waals surface area contributed by atoms with Crippen LogP contribution in [0.5, 0.6) is 11.5 Å². The quantitative estimate of drug-likeness (QED) is 0.646. The number of aromatic hydroxyl groups is 1. The smallest absolute Gasteiger partial charge is 0.120 e. The third-order valence-electron chi connectivity index (χ3n) is 2.54. The van der Waals surface area contributed by atoms with Crippen LogP contribution in [0, 0.1) is 0 Å². The maximum atomic E-state index is 9.17. The number of aliphatic imine (C=N–C) groups is 2. The number of phenols is 1. The van der Waals surface area contributed by atoms with Crippen molar-refractivity contribution in [2.45, 2.75) is 6.61 Å². The number of ether oxygens (including phenoxy) is 1. The van der Waals surface area contributed by atoms with Gasteiger partial charge in [0.1, 0.15) is 24.4 Å². The monoisotopic (exact) mass is 269 g/mol. The molecule has 0 aliphatic heterocycles. The van der Waals surface area contributed by atoms with Crippen LogP contribution in [0.3, 0.4) is 0 Å². The van der Waals surface area contributed by atoms with Crippen LogP contribution in [-0.2, 0) is 6.61 Å². The first kappa shape index (κ1) is 13.6. The van der Waals surface area contributed by atoms with Gasteiger partial charge < -0.3 is 15.6 Å². The van der Waals surface area contributed by atoms with Gasteiger partial charge in [0.05, 0.1) is 12.0 Å². The molecular weight excluding hydrogens is 254 g/mol. The predicted octanol–water partition coefficient (Wildman–Crippen LogP) is 2.62. The number of phenolic OH excluding ortho intramolecular Hbond substituents is 1. The van der Waals surface area contributed by atoms with Crippen LogP contribution in [0.4, 0.5) is 5.69 Å². The van der Waals surface area contributed by atoms with Crippen LogP contribution in [0.2, 0.25) is 0 Å². The lowest BCUT2D eigenvalue weighted by Gasteiger charge is -2.06. The first-order valence-corrected chi connectivity index (χ1v) is 6.04. The molecule has 2 aromatic rings. The van der Waals surface area contributed by atoms with Gasteiger partial charge >= 0.3 is 0 Å². The summed E-state index contributed by atoms with van der Waals surface area (Å²) in [5, 5.41) is 9.17. The van der Waals surface area contributed by atoms with Crippen LogP contribution in [0.15, 0.2) is 58.5 Å². The summed E-state index contributed by atoms with van der Waals surface area (Å²) in [5.74, 6) is 0.932. The molecule has 0 spiro atoms. The van der Waals surface area contributed by atoms with E-state index in [0.717, 1.165) is 11.3 Å². The zero-order chi connectivity index (χ0) is 14.2. The van der Waals surface area contributed by atoms with Gasteiger partial charge in [-0.15, -0.1) is 0 Å². The predicted molar refractivity (Wildman–Crippen MR) is 79.7 cm³/mol. The maximum absolute atomic E-state index is 9.17. The fourth-order valence-electron chi connectivity index (χ4n) is 1.53. The number of nitrogens with two attached hydrogens (primary N) is 1. The molecule has 0 saturated carbocycles. The van der Waals surface area contributed by atoms with Crippen LogP contribution in [0.25, 0.3) is 0 Å². The molecule has 102 valence electrons. The molecule has 20 heavy (non-hydrogen) atoms. The van der Waals surface area contributed by atoms with Gasteiger partial charge in [0.25, 0.3) is 0 Å². The SMILES string of the molecule is NC=NC=Nc1ccc(COc2ccc(O)cc2)cc1. The Morgan fingerprint density at radius 2 is 1.75 bits per heavy atom. The Bertz CT molecular complexity index is 590. The van der Waals surface area contributed by atoms with Crippen molar-refractivity contribution in [1.82, 2.24) is 0 Å². The highest BCUT2D eigenvalue weighted by molar-refractivity contribution is 5.72. The maximum Gasteiger partial charge on any atom is 0.120 e. The molecule has 2 aromatic carbocycles. The summed E-state index contributed by atoms with van der Waals surface area (Å²) in [4.78, 5) is 7.78. The van der Waals surface area contributed by atoms with Crippen molar-refractivity contribution >= 4 is 18.4 Å². The molecule has 0 heterocycles. The largest absolute Gasteiger partial charge is 0.508 e. The molecule has 0 aliphatic rings. The van der Waals surface area contributed by atoms with E-state index in [4.69, 9.17) is 10.5 Å². The molecule has 0 aliphatic carbocycles. The zero-order valence-electron chi connectivity index (χ0n) is 10.8. The van der Waals surface area contributed by atoms with E-state index >= 15 is 0 Å². The first-order chi connectivity index (χ1) is 9.78. The number of hydrogen-bond acceptors (Lipinski definition) is 3. The Morgan fingerprint density at radius 3 is 2.40 bits per heavy atom. The van der Waals surface area contributed by atoms with Gasteiger partial charge in [0.15, 0.2) is 0 Å². The van der Waals surface area contributed by atoms with Crippen molar-refractivity contribution in [3.05, 3.63) is 54.1 Å². The van der Waals surface area contributed by atoms with Crippen LogP contribution >= 0.6 is 0 Å². The lowest BCUT2D eigenvalue weighted by atomic mass is 10.2. The Labute approximate surface area is 117 Å². The highest BCUT2D eigenvalue weighted by Gasteiger charge is 1.97. The average Bonchev–Trinajstić information content (AvgIpc) is 2.48. The van der Waals surface area contributed by atoms with Crippen LogP contribution in [-0.4, -0.2) is 17.8 Å². The summed E-state index contributed by atoms with van der Waals surface area (Å²) < 4.78 is 5.60. The summed E-state index contributed by atoms with van der Waals surface area (Å²) in [7, 11) is 0. The van der Waals surface area contributed by atoms with E-state index in [2.05, 4.69) is 9.98 Å². The van der Waals surface area contributed by atoms with Crippen molar-refractivity contribution < 1.29 is 9.84 Å². The first-order valence-electron chi connectivity index (χ1n) is 6.04. The minimum absolute atomic E-state index is 0.222. The van der Waals surface area contributed by atoms with Gasteiger partial charge in [0.2, 0.25) is 0 Å². The van der Waals surface area contributed by atoms with Crippen molar-refractivity contribution in [1.29, 1.82) is 0 Å². The molecule has 0 radical (unpaired) electrons. The standard InChI is InChI=1S/C15H15N3O2/c16-10-17-11-18-13-3-1-12(2-4-13)9-20-15-7-5-14(19)6-8-15/h1-8,10-11,19H,9H2,(H2,16,17,18). The van der Waals surface area contributed by atoms with Gasteiger partial charge in [-0.2, -0.15) is 0 Å². The van der Waals surface area contributed by atoms with E-state index in [1.807, 2.05) is 24.3 Å². The average molecular weight is 269 g/mol. The number of nitrogens with zero attached hydrogens (tertiary/aromatic N) is 2. The van der Waals surface area contributed by atoms with Gasteiger partial charge in [-0.1, -0.05) is 12.1 Å². The highest BCUT2D eigenvalue weighted by atomic mass is 16.5. The number of rotatable bonds is 5. The van der Waals surface area contributed by atoms with Gasteiger partial charge in [0, 0.05) is 0 Å². The molecular formula is C15H15N3O2. The van der Waals surface area contributed by atoms with Crippen molar-refractivity contribution in [3.63, 3.8) is 0 Å². The van der Waals surface area contributed by atoms with Crippen molar-refractivity contribution in [2.75, 3.05) is 0 Å². The second-order valence-electron chi connectivity index (χ2n) is 3.99. The lowest BCUT2D eigenvalue weighted by Crippen LogP contribution is -1.94. The molecule has 5 heteroatoms. The van der Waals surface area contributed by atoms with E-state index < -0.39 is 0 Å². The molecule has 3 N–H and O–H groups in total. The topological polar surface area (TPSA) is 80.2 Å². The zero-order valence-corrected chi connectivity index (χ0v) is 10.8. The van der Waals surface area contributed by atoms with Crippen molar-refractivity contribution in [2.24, 2.45) is 15.7 Å². The van der Waals surface area contributed by atoms with Gasteiger partial charge in [-0.25, -0.2) is 9.98 Å². The Balaban J connectivity index is 1.92. The second kappa shape index (κ2) is 6.94. The van der Waals surface area contributed by atoms with Crippen LogP contribution < -0.4 is 10.5 Å². The van der Waals surface area contributed by atoms with E-state index in [1.165, 1.54) is 12.7 Å². The molecule has 0 saturated heterocycles. The number of hydrogen-bond donors (Lipinski definition) is 2. The molecule has 0 fully saturated rings. The fraction of sp³-hybridized carbons (Fsp3) is 0.0667. The van der Waals surface area contributed by atoms with E-state index in [0.29, 0.717) is 12.4 Å². The lowest BCUT2D eigenvalue weighted by molar-refractivity contribution is 0.305. The second-order valence-corrected chi connectivity index (χ2v) is 3.99. The minimum atomic E-state index is 0.222. The molecule has 0 bridgehead atoms. The highest BCUT2D eigenvalue weighted by Crippen LogP contribution is 2.18. The summed E-state index contributed by atoms with van der Waals surface area (Å²) >= 11 is 0. The minimum Gasteiger partial charge on any atom is -0.508 e. The third kappa shape index (κ3) is 4.13. The van der Waals surface area contributed by atoms with Gasteiger partial charge in [-0.05, 0) is 42.0 Å². The molecule has 0 aromatic heterocycles. The van der Waals surface area contributed by atoms with E-state index in [9.17, 15) is 5.11 Å². The Morgan fingerprint density at radius 1 is 1.05 bits per heavy atom. The summed E-state index contributed by atoms with van der Waals surface area (Å²) in [5.41, 5.74) is 6.93. The van der Waals surface area contributed by atoms with Crippen LogP contribution in [0.1, 0.15) is 5.56 Å². The molecule has 2 rings (SSSR count). The third-order valence-corrected chi connectivity index (χ3v) is 2.54. The molecule has 5 nitrogen and oxygen atoms in total. The van der Waals surface area contributed by atoms with Crippen molar-refractivity contribution in [3.8, 4) is 11.5 Å².